The number of likely N-dealkylation sites (tertiary alicyclic amines) is 1. The number of nitrogens with zero attached hydrogens (tertiary/aromatic N) is 5. The quantitative estimate of drug-likeness (QED) is 0.658. The Morgan fingerprint density at radius 3 is 2.92 bits per heavy atom. The first kappa shape index (κ1) is 16.7. The summed E-state index contributed by atoms with van der Waals surface area (Å²) < 4.78 is 7.19. The normalized spacial score (nSPS) is 18.1. The van der Waals surface area contributed by atoms with Crippen molar-refractivity contribution in [2.24, 2.45) is 13.0 Å². The van der Waals surface area contributed by atoms with E-state index in [0.29, 0.717) is 30.6 Å². The van der Waals surface area contributed by atoms with Crippen LogP contribution in [-0.4, -0.2) is 43.5 Å². The summed E-state index contributed by atoms with van der Waals surface area (Å²) in [5.74, 6) is 1.77. The molecule has 1 atom stereocenters. The van der Waals surface area contributed by atoms with Crippen LogP contribution in [0.2, 0.25) is 0 Å². The SMILES string of the molecule is Cn1ccnc1C(=O)[C@H]1CCCN(Cc2nc(-c3ccccc3)no2)C1. The van der Waals surface area contributed by atoms with Gasteiger partial charge in [0.15, 0.2) is 5.82 Å². The Kier molecular flexibility index (Phi) is 4.62. The number of carbonyl (C=O) groups excluding carboxylic acids is 1. The fraction of sp³-hybridized carbons (Fsp3) is 0.368. The summed E-state index contributed by atoms with van der Waals surface area (Å²) >= 11 is 0. The molecule has 0 aliphatic carbocycles. The molecule has 0 radical (unpaired) electrons. The molecule has 134 valence electrons. The van der Waals surface area contributed by atoms with Crippen LogP contribution in [0.25, 0.3) is 11.4 Å². The number of imidazole rings is 1. The molecule has 3 aromatic rings. The lowest BCUT2D eigenvalue weighted by Crippen LogP contribution is -2.39. The maximum Gasteiger partial charge on any atom is 0.241 e. The fourth-order valence-corrected chi connectivity index (χ4v) is 3.41. The molecule has 7 heteroatoms. The Labute approximate surface area is 151 Å². The topological polar surface area (TPSA) is 77.1 Å². The molecule has 0 unspecified atom stereocenters. The van der Waals surface area contributed by atoms with Crippen molar-refractivity contribution >= 4 is 5.78 Å². The van der Waals surface area contributed by atoms with E-state index in [9.17, 15) is 4.79 Å². The molecule has 3 heterocycles. The number of piperidine rings is 1. The molecule has 0 saturated carbocycles. The second-order valence-electron chi connectivity index (χ2n) is 6.68. The van der Waals surface area contributed by atoms with Crippen LogP contribution in [0, 0.1) is 5.92 Å². The molecule has 1 fully saturated rings. The molecule has 0 N–H and O–H groups in total. The largest absolute Gasteiger partial charge is 0.338 e. The van der Waals surface area contributed by atoms with Crippen molar-refractivity contribution in [2.75, 3.05) is 13.1 Å². The number of aryl methyl sites for hydroxylation is 1. The van der Waals surface area contributed by atoms with Crippen molar-refractivity contribution in [3.8, 4) is 11.4 Å². The summed E-state index contributed by atoms with van der Waals surface area (Å²) in [6, 6.07) is 9.76. The number of hydrogen-bond acceptors (Lipinski definition) is 6. The molecule has 1 saturated heterocycles. The van der Waals surface area contributed by atoms with E-state index in [-0.39, 0.29) is 11.7 Å². The minimum Gasteiger partial charge on any atom is -0.338 e. The van der Waals surface area contributed by atoms with Gasteiger partial charge >= 0.3 is 0 Å². The Bertz CT molecular complexity index is 886. The van der Waals surface area contributed by atoms with Gasteiger partial charge in [-0.05, 0) is 19.4 Å². The first-order valence-corrected chi connectivity index (χ1v) is 8.82. The molecular weight excluding hydrogens is 330 g/mol. The highest BCUT2D eigenvalue weighted by Gasteiger charge is 2.29. The number of aromatic nitrogens is 4. The summed E-state index contributed by atoms with van der Waals surface area (Å²) in [5.41, 5.74) is 0.934. The molecular formula is C19H21N5O2. The highest BCUT2D eigenvalue weighted by Crippen LogP contribution is 2.22. The first-order chi connectivity index (χ1) is 12.7. The van der Waals surface area contributed by atoms with Gasteiger partial charge in [0, 0.05) is 37.5 Å². The third kappa shape index (κ3) is 3.43. The Balaban J connectivity index is 1.42. The fourth-order valence-electron chi connectivity index (χ4n) is 3.41. The average molecular weight is 351 g/mol. The van der Waals surface area contributed by atoms with E-state index in [1.807, 2.05) is 37.4 Å². The van der Waals surface area contributed by atoms with Crippen LogP contribution >= 0.6 is 0 Å². The smallest absolute Gasteiger partial charge is 0.241 e. The summed E-state index contributed by atoms with van der Waals surface area (Å²) in [6.45, 7) is 2.17. The van der Waals surface area contributed by atoms with E-state index in [1.165, 1.54) is 0 Å². The van der Waals surface area contributed by atoms with Crippen molar-refractivity contribution in [3.05, 3.63) is 54.4 Å². The highest BCUT2D eigenvalue weighted by atomic mass is 16.5. The average Bonchev–Trinajstić information content (AvgIpc) is 3.31. The van der Waals surface area contributed by atoms with Gasteiger partial charge in [0.2, 0.25) is 17.5 Å². The Morgan fingerprint density at radius 2 is 2.15 bits per heavy atom. The molecule has 7 nitrogen and oxygen atoms in total. The van der Waals surface area contributed by atoms with Crippen LogP contribution in [0.15, 0.2) is 47.2 Å². The van der Waals surface area contributed by atoms with Crippen LogP contribution in [0.5, 0.6) is 0 Å². The highest BCUT2D eigenvalue weighted by molar-refractivity contribution is 5.94. The van der Waals surface area contributed by atoms with Gasteiger partial charge < -0.3 is 9.09 Å². The van der Waals surface area contributed by atoms with Gasteiger partial charge in [0.25, 0.3) is 0 Å². The second-order valence-corrected chi connectivity index (χ2v) is 6.68. The van der Waals surface area contributed by atoms with Gasteiger partial charge in [-0.15, -0.1) is 0 Å². The third-order valence-electron chi connectivity index (χ3n) is 4.78. The number of benzene rings is 1. The lowest BCUT2D eigenvalue weighted by molar-refractivity contribution is 0.0783. The molecule has 2 aromatic heterocycles. The summed E-state index contributed by atoms with van der Waals surface area (Å²) in [7, 11) is 1.85. The van der Waals surface area contributed by atoms with E-state index in [4.69, 9.17) is 4.52 Å². The standard InChI is InChI=1S/C19H21N5O2/c1-23-11-9-20-19(23)17(25)15-8-5-10-24(12-15)13-16-21-18(22-26-16)14-6-3-2-4-7-14/h2-4,6-7,9,11,15H,5,8,10,12-13H2,1H3/t15-/m0/s1. The van der Waals surface area contributed by atoms with Crippen molar-refractivity contribution in [1.82, 2.24) is 24.6 Å². The van der Waals surface area contributed by atoms with Crippen molar-refractivity contribution in [3.63, 3.8) is 0 Å². The molecule has 0 spiro atoms. The molecule has 1 aliphatic heterocycles. The second kappa shape index (κ2) is 7.21. The summed E-state index contributed by atoms with van der Waals surface area (Å²) in [6.07, 6.45) is 5.33. The molecule has 0 amide bonds. The molecule has 26 heavy (non-hydrogen) atoms. The predicted molar refractivity (Wildman–Crippen MR) is 95.3 cm³/mol. The lowest BCUT2D eigenvalue weighted by Gasteiger charge is -2.30. The zero-order valence-electron chi connectivity index (χ0n) is 14.7. The lowest BCUT2D eigenvalue weighted by atomic mass is 9.93. The zero-order valence-corrected chi connectivity index (χ0v) is 14.7. The van der Waals surface area contributed by atoms with E-state index in [1.54, 1.807) is 17.0 Å². The minimum absolute atomic E-state index is 0.0404. The van der Waals surface area contributed by atoms with Gasteiger partial charge in [-0.25, -0.2) is 4.98 Å². The van der Waals surface area contributed by atoms with Gasteiger partial charge in [-0.2, -0.15) is 4.98 Å². The predicted octanol–water partition coefficient (Wildman–Crippen LogP) is 2.57. The monoisotopic (exact) mass is 351 g/mol. The molecule has 1 aromatic carbocycles. The third-order valence-corrected chi connectivity index (χ3v) is 4.78. The van der Waals surface area contributed by atoms with Gasteiger partial charge in [-0.3, -0.25) is 9.69 Å². The van der Waals surface area contributed by atoms with Crippen molar-refractivity contribution < 1.29 is 9.32 Å². The summed E-state index contributed by atoms with van der Waals surface area (Å²) in [4.78, 5) is 23.6. The van der Waals surface area contributed by atoms with Crippen LogP contribution in [0.3, 0.4) is 0 Å². The van der Waals surface area contributed by atoms with Gasteiger partial charge in [0.05, 0.1) is 6.54 Å². The van der Waals surface area contributed by atoms with Crippen LogP contribution < -0.4 is 0 Å². The van der Waals surface area contributed by atoms with Crippen LogP contribution in [0.4, 0.5) is 0 Å². The number of rotatable bonds is 5. The molecule has 4 rings (SSSR count). The first-order valence-electron chi connectivity index (χ1n) is 8.82. The van der Waals surface area contributed by atoms with Crippen molar-refractivity contribution in [2.45, 2.75) is 19.4 Å². The van der Waals surface area contributed by atoms with E-state index < -0.39 is 0 Å². The number of carbonyl (C=O) groups is 1. The Morgan fingerprint density at radius 1 is 1.31 bits per heavy atom. The number of ketones is 1. The maximum absolute atomic E-state index is 12.7. The van der Waals surface area contributed by atoms with Gasteiger partial charge in [-0.1, -0.05) is 35.5 Å². The van der Waals surface area contributed by atoms with Crippen LogP contribution in [0.1, 0.15) is 29.4 Å². The molecule has 1 aliphatic rings. The van der Waals surface area contributed by atoms with E-state index in [0.717, 1.165) is 24.9 Å². The minimum atomic E-state index is -0.0404. The number of Topliss-reactive ketones (excluding diaryl/α,β-unsaturated/α-hetero) is 1. The maximum atomic E-state index is 12.7. The van der Waals surface area contributed by atoms with Crippen molar-refractivity contribution in [1.29, 1.82) is 0 Å². The van der Waals surface area contributed by atoms with Crippen LogP contribution in [-0.2, 0) is 13.6 Å². The van der Waals surface area contributed by atoms with Gasteiger partial charge in [0.1, 0.15) is 0 Å². The molecule has 0 bridgehead atoms. The Hall–Kier alpha value is -2.80. The zero-order chi connectivity index (χ0) is 17.9. The number of hydrogen-bond donors (Lipinski definition) is 0. The van der Waals surface area contributed by atoms with E-state index >= 15 is 0 Å². The van der Waals surface area contributed by atoms with E-state index in [2.05, 4.69) is 20.0 Å². The summed E-state index contributed by atoms with van der Waals surface area (Å²) in [5, 5.41) is 4.07.